The second kappa shape index (κ2) is 8.45. The number of nitrogens with zero attached hydrogens (tertiary/aromatic N) is 2. The van der Waals surface area contributed by atoms with Gasteiger partial charge in [-0.2, -0.15) is 0 Å². The first-order valence-corrected chi connectivity index (χ1v) is 10.3. The van der Waals surface area contributed by atoms with Gasteiger partial charge in [-0.05, 0) is 31.9 Å². The third-order valence-electron chi connectivity index (χ3n) is 6.08. The summed E-state index contributed by atoms with van der Waals surface area (Å²) >= 11 is 0. The van der Waals surface area contributed by atoms with Crippen LogP contribution in [0.2, 0.25) is 0 Å². The van der Waals surface area contributed by atoms with Crippen molar-refractivity contribution in [3.05, 3.63) is 41.8 Å². The SMILES string of the molecule is Cc1oc(-c2ccccc2)nc1C(=O)NCC1(N2CCOCC2)CCCCC1. The first-order chi connectivity index (χ1) is 13.7. The van der Waals surface area contributed by atoms with Crippen molar-refractivity contribution < 1.29 is 13.9 Å². The normalized spacial score (nSPS) is 20.0. The number of morpholine rings is 1. The molecule has 0 atom stereocenters. The van der Waals surface area contributed by atoms with Crippen molar-refractivity contribution in [1.82, 2.24) is 15.2 Å². The number of amides is 1. The van der Waals surface area contributed by atoms with Crippen LogP contribution in [0.15, 0.2) is 34.7 Å². The number of carbonyl (C=O) groups excluding carboxylic acids is 1. The summed E-state index contributed by atoms with van der Waals surface area (Å²) in [5, 5.41) is 3.17. The van der Waals surface area contributed by atoms with E-state index in [0.717, 1.165) is 44.7 Å². The first-order valence-electron chi connectivity index (χ1n) is 10.3. The molecule has 2 heterocycles. The quantitative estimate of drug-likeness (QED) is 0.857. The van der Waals surface area contributed by atoms with Crippen molar-refractivity contribution in [2.45, 2.75) is 44.6 Å². The smallest absolute Gasteiger partial charge is 0.273 e. The number of ether oxygens (including phenoxy) is 1. The van der Waals surface area contributed by atoms with Crippen LogP contribution in [0.1, 0.15) is 48.4 Å². The molecule has 2 aliphatic rings. The van der Waals surface area contributed by atoms with Crippen molar-refractivity contribution >= 4 is 5.91 Å². The number of hydrogen-bond acceptors (Lipinski definition) is 5. The molecule has 1 amide bonds. The molecule has 6 nitrogen and oxygen atoms in total. The van der Waals surface area contributed by atoms with Gasteiger partial charge in [0.05, 0.1) is 13.2 Å². The van der Waals surface area contributed by atoms with E-state index in [4.69, 9.17) is 9.15 Å². The topological polar surface area (TPSA) is 67.6 Å². The molecule has 1 aromatic heterocycles. The Labute approximate surface area is 166 Å². The maximum absolute atomic E-state index is 12.9. The predicted molar refractivity (Wildman–Crippen MR) is 107 cm³/mol. The van der Waals surface area contributed by atoms with Gasteiger partial charge in [0.15, 0.2) is 5.69 Å². The minimum absolute atomic E-state index is 0.0393. The van der Waals surface area contributed by atoms with Crippen LogP contribution in [0, 0.1) is 6.92 Å². The number of oxazole rings is 1. The Balaban J connectivity index is 1.47. The Hall–Kier alpha value is -2.18. The highest BCUT2D eigenvalue weighted by molar-refractivity contribution is 5.93. The first kappa shape index (κ1) is 19.2. The molecule has 150 valence electrons. The molecular formula is C22H29N3O3. The van der Waals surface area contributed by atoms with E-state index in [0.29, 0.717) is 23.9 Å². The van der Waals surface area contributed by atoms with Gasteiger partial charge in [0.1, 0.15) is 5.76 Å². The lowest BCUT2D eigenvalue weighted by Crippen LogP contribution is -2.59. The van der Waals surface area contributed by atoms with Gasteiger partial charge in [-0.25, -0.2) is 4.98 Å². The molecule has 2 fully saturated rings. The fourth-order valence-electron chi connectivity index (χ4n) is 4.49. The molecule has 6 heteroatoms. The summed E-state index contributed by atoms with van der Waals surface area (Å²) < 4.78 is 11.3. The van der Waals surface area contributed by atoms with Gasteiger partial charge in [-0.15, -0.1) is 0 Å². The Morgan fingerprint density at radius 2 is 1.86 bits per heavy atom. The number of carbonyl (C=O) groups is 1. The monoisotopic (exact) mass is 383 g/mol. The van der Waals surface area contributed by atoms with Gasteiger partial charge >= 0.3 is 0 Å². The maximum Gasteiger partial charge on any atom is 0.273 e. The van der Waals surface area contributed by atoms with Crippen LogP contribution in [0.4, 0.5) is 0 Å². The molecule has 1 aliphatic carbocycles. The summed E-state index contributed by atoms with van der Waals surface area (Å²) in [6.45, 7) is 5.89. The molecule has 0 bridgehead atoms. The van der Waals surface area contributed by atoms with Crippen molar-refractivity contribution in [2.24, 2.45) is 0 Å². The standard InChI is InChI=1S/C22H29N3O3/c1-17-19(24-21(28-17)18-8-4-2-5-9-18)20(26)23-16-22(10-6-3-7-11-22)25-12-14-27-15-13-25/h2,4-5,8-9H,3,6-7,10-16H2,1H3,(H,23,26). The molecule has 0 radical (unpaired) electrons. The Morgan fingerprint density at radius 3 is 2.57 bits per heavy atom. The molecule has 1 aromatic carbocycles. The van der Waals surface area contributed by atoms with Crippen LogP contribution < -0.4 is 5.32 Å². The zero-order valence-corrected chi connectivity index (χ0v) is 16.6. The number of benzene rings is 1. The van der Waals surface area contributed by atoms with Crippen molar-refractivity contribution in [2.75, 3.05) is 32.8 Å². The largest absolute Gasteiger partial charge is 0.441 e. The van der Waals surface area contributed by atoms with Crippen LogP contribution in [0.5, 0.6) is 0 Å². The van der Waals surface area contributed by atoms with Crippen LogP contribution in [-0.2, 0) is 4.74 Å². The zero-order valence-electron chi connectivity index (χ0n) is 16.6. The minimum Gasteiger partial charge on any atom is -0.441 e. The Kier molecular flexibility index (Phi) is 5.78. The van der Waals surface area contributed by atoms with Gasteiger partial charge in [0.25, 0.3) is 5.91 Å². The molecule has 1 N–H and O–H groups in total. The van der Waals surface area contributed by atoms with Crippen LogP contribution in [0.3, 0.4) is 0 Å². The summed E-state index contributed by atoms with van der Waals surface area (Å²) in [7, 11) is 0. The van der Waals surface area contributed by atoms with E-state index >= 15 is 0 Å². The lowest BCUT2D eigenvalue weighted by Gasteiger charge is -2.48. The number of aromatic nitrogens is 1. The third-order valence-corrected chi connectivity index (χ3v) is 6.08. The lowest BCUT2D eigenvalue weighted by molar-refractivity contribution is -0.0361. The van der Waals surface area contributed by atoms with E-state index in [2.05, 4.69) is 15.2 Å². The summed E-state index contributed by atoms with van der Waals surface area (Å²) in [5.74, 6) is 0.894. The predicted octanol–water partition coefficient (Wildman–Crippen LogP) is 3.41. The summed E-state index contributed by atoms with van der Waals surface area (Å²) in [6, 6.07) is 9.68. The van der Waals surface area contributed by atoms with E-state index < -0.39 is 0 Å². The minimum atomic E-state index is -0.151. The zero-order chi connectivity index (χ0) is 19.4. The van der Waals surface area contributed by atoms with Gasteiger partial charge in [-0.1, -0.05) is 37.5 Å². The summed E-state index contributed by atoms with van der Waals surface area (Å²) in [4.78, 5) is 19.9. The molecule has 4 rings (SSSR count). The second-order valence-electron chi connectivity index (χ2n) is 7.86. The van der Waals surface area contributed by atoms with Gasteiger partial charge in [-0.3, -0.25) is 9.69 Å². The molecule has 1 saturated carbocycles. The van der Waals surface area contributed by atoms with E-state index in [1.807, 2.05) is 30.3 Å². The lowest BCUT2D eigenvalue weighted by atomic mass is 9.79. The summed E-state index contributed by atoms with van der Waals surface area (Å²) in [5.41, 5.74) is 1.30. The van der Waals surface area contributed by atoms with E-state index in [9.17, 15) is 4.79 Å². The average molecular weight is 383 g/mol. The molecule has 28 heavy (non-hydrogen) atoms. The Morgan fingerprint density at radius 1 is 1.14 bits per heavy atom. The Bertz CT molecular complexity index is 791. The number of hydrogen-bond donors (Lipinski definition) is 1. The molecule has 1 saturated heterocycles. The van der Waals surface area contributed by atoms with E-state index in [-0.39, 0.29) is 11.4 Å². The van der Waals surface area contributed by atoms with E-state index in [1.165, 1.54) is 19.3 Å². The highest BCUT2D eigenvalue weighted by Crippen LogP contribution is 2.34. The highest BCUT2D eigenvalue weighted by atomic mass is 16.5. The molecule has 0 spiro atoms. The van der Waals surface area contributed by atoms with E-state index in [1.54, 1.807) is 6.92 Å². The van der Waals surface area contributed by atoms with Crippen LogP contribution in [0.25, 0.3) is 11.5 Å². The summed E-state index contributed by atoms with van der Waals surface area (Å²) in [6.07, 6.45) is 5.96. The maximum atomic E-state index is 12.9. The van der Waals surface area contributed by atoms with Crippen molar-refractivity contribution in [1.29, 1.82) is 0 Å². The highest BCUT2D eigenvalue weighted by Gasteiger charge is 2.39. The average Bonchev–Trinajstić information content (AvgIpc) is 3.16. The molecule has 0 unspecified atom stereocenters. The molecular weight excluding hydrogens is 354 g/mol. The third kappa shape index (κ3) is 3.98. The number of aryl methyl sites for hydroxylation is 1. The van der Waals surface area contributed by atoms with Crippen LogP contribution >= 0.6 is 0 Å². The van der Waals surface area contributed by atoms with Gasteiger partial charge < -0.3 is 14.5 Å². The van der Waals surface area contributed by atoms with Crippen LogP contribution in [-0.4, -0.2) is 54.2 Å². The van der Waals surface area contributed by atoms with Crippen molar-refractivity contribution in [3.63, 3.8) is 0 Å². The fourth-order valence-corrected chi connectivity index (χ4v) is 4.49. The number of rotatable bonds is 5. The second-order valence-corrected chi connectivity index (χ2v) is 7.86. The molecule has 1 aliphatic heterocycles. The van der Waals surface area contributed by atoms with Crippen molar-refractivity contribution in [3.8, 4) is 11.5 Å². The fraction of sp³-hybridized carbons (Fsp3) is 0.545. The molecule has 2 aromatic rings. The van der Waals surface area contributed by atoms with Gasteiger partial charge in [0.2, 0.25) is 5.89 Å². The van der Waals surface area contributed by atoms with Gasteiger partial charge in [0, 0.05) is 30.7 Å². The number of nitrogens with one attached hydrogen (secondary N) is 1.